The van der Waals surface area contributed by atoms with E-state index in [0.29, 0.717) is 55.5 Å². The van der Waals surface area contributed by atoms with Gasteiger partial charge < -0.3 is 14.5 Å². The number of carbonyl (C=O) groups excluding carboxylic acids is 2. The normalized spacial score (nSPS) is 16.3. The first-order valence-corrected chi connectivity index (χ1v) is 11.0. The van der Waals surface area contributed by atoms with Gasteiger partial charge in [-0.05, 0) is 30.2 Å². The summed E-state index contributed by atoms with van der Waals surface area (Å²) in [5, 5.41) is 0. The number of carbonyl (C=O) groups is 2. The topological polar surface area (TPSA) is 75.6 Å². The quantitative estimate of drug-likeness (QED) is 0.598. The lowest BCUT2D eigenvalue weighted by Crippen LogP contribution is -2.51. The number of rotatable bonds is 6. The van der Waals surface area contributed by atoms with Crippen LogP contribution in [-0.4, -0.2) is 70.5 Å². The van der Waals surface area contributed by atoms with E-state index < -0.39 is 0 Å². The summed E-state index contributed by atoms with van der Waals surface area (Å²) in [6, 6.07) is 16.8. The predicted octanol–water partition coefficient (Wildman–Crippen LogP) is 3.27. The van der Waals surface area contributed by atoms with Gasteiger partial charge in [0.15, 0.2) is 0 Å². The van der Waals surface area contributed by atoms with E-state index in [1.54, 1.807) is 4.90 Å². The number of hydrogen-bond donors (Lipinski definition) is 0. The van der Waals surface area contributed by atoms with E-state index in [1.165, 1.54) is 6.20 Å². The molecular formula is C25H28N4O3. The number of hydrogen-bond acceptors (Lipinski definition) is 5. The Morgan fingerprint density at radius 3 is 2.56 bits per heavy atom. The molecular weight excluding hydrogens is 404 g/mol. The van der Waals surface area contributed by atoms with Gasteiger partial charge in [-0.15, -0.1) is 0 Å². The summed E-state index contributed by atoms with van der Waals surface area (Å²) in [5.74, 6) is 0.130. The largest absolute Gasteiger partial charge is 0.373 e. The summed E-state index contributed by atoms with van der Waals surface area (Å²) in [6.07, 6.45) is 1.27. The molecule has 2 heterocycles. The second-order valence-corrected chi connectivity index (χ2v) is 8.46. The van der Waals surface area contributed by atoms with Crippen LogP contribution >= 0.6 is 0 Å². The molecule has 1 unspecified atom stereocenters. The van der Waals surface area contributed by atoms with Crippen molar-refractivity contribution < 1.29 is 14.3 Å². The van der Waals surface area contributed by atoms with Crippen molar-refractivity contribution in [2.75, 3.05) is 32.8 Å². The molecule has 0 radical (unpaired) electrons. The van der Waals surface area contributed by atoms with Gasteiger partial charge in [-0.2, -0.15) is 0 Å². The Kier molecular flexibility index (Phi) is 6.75. The lowest BCUT2D eigenvalue weighted by molar-refractivity contribution is -0.0341. The van der Waals surface area contributed by atoms with Crippen LogP contribution in [0.4, 0.5) is 0 Å². The number of benzene rings is 2. The van der Waals surface area contributed by atoms with Crippen LogP contribution in [0.25, 0.3) is 11.0 Å². The SMILES string of the molecule is CC(C)CN(CC1CN(C(=O)c2cnc3ccccc3n2)CCO1)C(=O)c1ccccc1. The van der Waals surface area contributed by atoms with E-state index in [2.05, 4.69) is 23.8 Å². The molecule has 166 valence electrons. The van der Waals surface area contributed by atoms with Crippen LogP contribution in [-0.2, 0) is 4.74 Å². The first kappa shape index (κ1) is 21.9. The van der Waals surface area contributed by atoms with E-state index in [-0.39, 0.29) is 17.9 Å². The maximum absolute atomic E-state index is 13.1. The number of amides is 2. The molecule has 2 aromatic carbocycles. The highest BCUT2D eigenvalue weighted by molar-refractivity contribution is 5.94. The minimum absolute atomic E-state index is 0.0215. The molecule has 1 fully saturated rings. The summed E-state index contributed by atoms with van der Waals surface area (Å²) in [6.45, 7) is 6.54. The Balaban J connectivity index is 1.46. The minimum Gasteiger partial charge on any atom is -0.373 e. The average Bonchev–Trinajstić information content (AvgIpc) is 2.83. The minimum atomic E-state index is -0.257. The molecule has 0 aliphatic carbocycles. The molecule has 4 rings (SSSR count). The third-order valence-corrected chi connectivity index (χ3v) is 5.41. The van der Waals surface area contributed by atoms with Crippen LogP contribution in [0, 0.1) is 5.92 Å². The molecule has 0 bridgehead atoms. The van der Waals surface area contributed by atoms with Gasteiger partial charge in [0.25, 0.3) is 11.8 Å². The fourth-order valence-electron chi connectivity index (χ4n) is 3.93. The van der Waals surface area contributed by atoms with Crippen molar-refractivity contribution >= 4 is 22.8 Å². The van der Waals surface area contributed by atoms with E-state index in [0.717, 1.165) is 5.52 Å². The lowest BCUT2D eigenvalue weighted by Gasteiger charge is -2.36. The second-order valence-electron chi connectivity index (χ2n) is 8.46. The van der Waals surface area contributed by atoms with Crippen LogP contribution in [0.2, 0.25) is 0 Å². The summed E-state index contributed by atoms with van der Waals surface area (Å²) in [4.78, 5) is 38.6. The third-order valence-electron chi connectivity index (χ3n) is 5.41. The van der Waals surface area contributed by atoms with Gasteiger partial charge in [0.05, 0.1) is 29.9 Å². The van der Waals surface area contributed by atoms with Crippen molar-refractivity contribution in [3.05, 3.63) is 72.1 Å². The van der Waals surface area contributed by atoms with Crippen molar-refractivity contribution in [1.29, 1.82) is 0 Å². The highest BCUT2D eigenvalue weighted by Gasteiger charge is 2.29. The zero-order valence-corrected chi connectivity index (χ0v) is 18.5. The van der Waals surface area contributed by atoms with E-state index >= 15 is 0 Å². The van der Waals surface area contributed by atoms with Gasteiger partial charge in [-0.25, -0.2) is 4.98 Å². The predicted molar refractivity (Wildman–Crippen MR) is 122 cm³/mol. The second kappa shape index (κ2) is 9.87. The molecule has 1 atom stereocenters. The maximum Gasteiger partial charge on any atom is 0.274 e. The number of ether oxygens (including phenoxy) is 1. The van der Waals surface area contributed by atoms with Crippen molar-refractivity contribution in [2.45, 2.75) is 20.0 Å². The fraction of sp³-hybridized carbons (Fsp3) is 0.360. The highest BCUT2D eigenvalue weighted by Crippen LogP contribution is 2.15. The molecule has 2 amide bonds. The molecule has 3 aromatic rings. The number of fused-ring (bicyclic) bond motifs is 1. The molecule has 1 aliphatic rings. The molecule has 0 N–H and O–H groups in total. The summed E-state index contributed by atoms with van der Waals surface area (Å²) in [7, 11) is 0. The smallest absolute Gasteiger partial charge is 0.274 e. The van der Waals surface area contributed by atoms with Gasteiger partial charge in [0.1, 0.15) is 5.69 Å². The molecule has 1 aromatic heterocycles. The van der Waals surface area contributed by atoms with Crippen LogP contribution in [0.1, 0.15) is 34.7 Å². The highest BCUT2D eigenvalue weighted by atomic mass is 16.5. The van der Waals surface area contributed by atoms with Crippen LogP contribution in [0.3, 0.4) is 0 Å². The van der Waals surface area contributed by atoms with Crippen molar-refractivity contribution in [1.82, 2.24) is 19.8 Å². The van der Waals surface area contributed by atoms with Gasteiger partial charge in [-0.3, -0.25) is 14.6 Å². The first-order chi connectivity index (χ1) is 15.5. The molecule has 7 nitrogen and oxygen atoms in total. The molecule has 1 aliphatic heterocycles. The average molecular weight is 433 g/mol. The van der Waals surface area contributed by atoms with E-state index in [4.69, 9.17) is 4.74 Å². The van der Waals surface area contributed by atoms with Crippen LogP contribution < -0.4 is 0 Å². The summed E-state index contributed by atoms with van der Waals surface area (Å²) in [5.41, 5.74) is 2.43. The molecule has 0 saturated carbocycles. The zero-order chi connectivity index (χ0) is 22.5. The Hall–Kier alpha value is -3.32. The van der Waals surface area contributed by atoms with Crippen molar-refractivity contribution in [3.63, 3.8) is 0 Å². The van der Waals surface area contributed by atoms with Gasteiger partial charge in [-0.1, -0.05) is 44.2 Å². The molecule has 0 spiro atoms. The Labute approximate surface area is 188 Å². The van der Waals surface area contributed by atoms with Crippen molar-refractivity contribution in [2.24, 2.45) is 5.92 Å². The molecule has 32 heavy (non-hydrogen) atoms. The maximum atomic E-state index is 13.1. The Morgan fingerprint density at radius 2 is 1.81 bits per heavy atom. The number of morpholine rings is 1. The molecule has 7 heteroatoms. The van der Waals surface area contributed by atoms with Crippen LogP contribution in [0.15, 0.2) is 60.8 Å². The summed E-state index contributed by atoms with van der Waals surface area (Å²) < 4.78 is 5.94. The van der Waals surface area contributed by atoms with E-state index in [9.17, 15) is 9.59 Å². The van der Waals surface area contributed by atoms with E-state index in [1.807, 2.05) is 59.5 Å². The Bertz CT molecular complexity index is 1090. The van der Waals surface area contributed by atoms with Gasteiger partial charge in [0, 0.05) is 31.7 Å². The molecule has 1 saturated heterocycles. The number of aromatic nitrogens is 2. The zero-order valence-electron chi connectivity index (χ0n) is 18.5. The fourth-order valence-corrected chi connectivity index (χ4v) is 3.93. The Morgan fingerprint density at radius 1 is 1.09 bits per heavy atom. The summed E-state index contributed by atoms with van der Waals surface area (Å²) >= 11 is 0. The number of nitrogens with zero attached hydrogens (tertiary/aromatic N) is 4. The standard InChI is InChI=1S/C25H28N4O3/c1-18(2)15-29(24(30)19-8-4-3-5-9-19)17-20-16-28(12-13-32-20)25(31)23-14-26-21-10-6-7-11-22(21)27-23/h3-11,14,18,20H,12-13,15-17H2,1-2H3. The first-order valence-electron chi connectivity index (χ1n) is 11.0. The van der Waals surface area contributed by atoms with Crippen LogP contribution in [0.5, 0.6) is 0 Å². The van der Waals surface area contributed by atoms with Gasteiger partial charge in [0.2, 0.25) is 0 Å². The van der Waals surface area contributed by atoms with Gasteiger partial charge >= 0.3 is 0 Å². The lowest BCUT2D eigenvalue weighted by atomic mass is 10.1. The van der Waals surface area contributed by atoms with Crippen molar-refractivity contribution in [3.8, 4) is 0 Å². The monoisotopic (exact) mass is 432 g/mol. The third kappa shape index (κ3) is 5.11. The number of para-hydroxylation sites is 2.